The van der Waals surface area contributed by atoms with Crippen LogP contribution in [0.25, 0.3) is 33.4 Å². The molecule has 0 fully saturated rings. The largest absolute Gasteiger partial charge is 0.595 e. The highest BCUT2D eigenvalue weighted by atomic mass is 16.6. The number of anilines is 1. The summed E-state index contributed by atoms with van der Waals surface area (Å²) in [5, 5.41) is 16.6. The highest BCUT2D eigenvalue weighted by molar-refractivity contribution is 6.02. The Kier molecular flexibility index (Phi) is 11.2. The molecule has 0 unspecified atom stereocenters. The number of fused-ring (bicyclic) bond motifs is 2. The van der Waals surface area contributed by atoms with Crippen molar-refractivity contribution in [1.29, 1.82) is 0 Å². The van der Waals surface area contributed by atoms with E-state index in [0.717, 1.165) is 61.3 Å². The Morgan fingerprint density at radius 2 is 1.65 bits per heavy atom. The first-order valence-electron chi connectivity index (χ1n) is 17.0. The van der Waals surface area contributed by atoms with Gasteiger partial charge in [-0.15, -0.1) is 0 Å². The maximum absolute atomic E-state index is 12.7. The molecule has 1 amide bonds. The third kappa shape index (κ3) is 9.19. The molecular weight excluding hydrogens is 644 g/mol. The van der Waals surface area contributed by atoms with Crippen molar-refractivity contribution >= 4 is 28.6 Å². The molecule has 0 saturated carbocycles. The van der Waals surface area contributed by atoms with Crippen molar-refractivity contribution in [3.8, 4) is 33.9 Å². The molecule has 2 aliphatic rings. The van der Waals surface area contributed by atoms with Gasteiger partial charge >= 0.3 is 0 Å². The van der Waals surface area contributed by atoms with Crippen LogP contribution in [0.1, 0.15) is 42.3 Å². The zero-order valence-corrected chi connectivity index (χ0v) is 31.0. The minimum Gasteiger partial charge on any atom is -0.595 e. The molecule has 0 aromatic heterocycles. The number of rotatable bonds is 11. The van der Waals surface area contributed by atoms with Gasteiger partial charge < -0.3 is 34.0 Å². The number of hydrogen-bond acceptors (Lipinski definition) is 8. The number of benzene rings is 4. The van der Waals surface area contributed by atoms with Crippen LogP contribution in [-0.4, -0.2) is 72.1 Å². The van der Waals surface area contributed by atoms with Crippen LogP contribution < -0.4 is 34.7 Å². The fraction of sp³-hybridized carbons (Fsp3) is 0.341. The number of aryl methyl sites for hydroxylation is 2. The van der Waals surface area contributed by atoms with Gasteiger partial charge in [0.25, 0.3) is 5.91 Å². The summed E-state index contributed by atoms with van der Waals surface area (Å²) in [6, 6.07) is 24.2. The smallest absolute Gasteiger partial charge is 0.251 e. The normalized spacial score (nSPS) is 11.8. The van der Waals surface area contributed by atoms with E-state index in [9.17, 15) is 9.90 Å². The maximum atomic E-state index is 12.7. The molecule has 3 aromatic carbocycles. The molecule has 1 aliphatic carbocycles. The number of nitrogens with zero attached hydrogens (tertiary/aromatic N) is 3. The zero-order chi connectivity index (χ0) is 36.9. The summed E-state index contributed by atoms with van der Waals surface area (Å²) in [5.74, 6) is 1.99. The minimum atomic E-state index is -0.645. The number of amides is 1. The van der Waals surface area contributed by atoms with Crippen molar-refractivity contribution in [2.45, 2.75) is 40.2 Å². The number of carbonyl (C=O) groups excluding carboxylic acids is 1. The summed E-state index contributed by atoms with van der Waals surface area (Å²) in [4.78, 5) is 18.5. The van der Waals surface area contributed by atoms with Crippen LogP contribution in [0.4, 0.5) is 5.69 Å². The molecule has 1 aliphatic heterocycles. The molecule has 1 heterocycles. The van der Waals surface area contributed by atoms with Crippen LogP contribution in [0.15, 0.2) is 82.2 Å². The Hall–Kier alpha value is -5.51. The summed E-state index contributed by atoms with van der Waals surface area (Å²) in [6.45, 7) is 10.2. The molecule has 51 heavy (non-hydrogen) atoms. The Balaban J connectivity index is 1.27. The summed E-state index contributed by atoms with van der Waals surface area (Å²) in [7, 11) is 8.08. The SMILES string of the molecule is Cc1cc(C(=O)NCCN=C([O-])OC(C)(C)C)ccc1OCCOc1cc(-c2c3ccc(=[N+](C)C)cc-3oc3cc(N(C)C)ccc23)ccc1C. The van der Waals surface area contributed by atoms with Gasteiger partial charge in [0.05, 0.1) is 12.6 Å². The molecule has 0 bridgehead atoms. The quantitative estimate of drug-likeness (QED) is 0.0628. The van der Waals surface area contributed by atoms with Crippen LogP contribution in [-0.2, 0) is 4.74 Å². The van der Waals surface area contributed by atoms with E-state index in [1.807, 2.05) is 42.0 Å². The average Bonchev–Trinajstić information content (AvgIpc) is 3.07. The average molecular weight is 693 g/mol. The molecule has 268 valence electrons. The highest BCUT2D eigenvalue weighted by Gasteiger charge is 2.20. The van der Waals surface area contributed by atoms with Crippen molar-refractivity contribution in [2.75, 3.05) is 59.4 Å². The predicted molar refractivity (Wildman–Crippen MR) is 202 cm³/mol. The summed E-state index contributed by atoms with van der Waals surface area (Å²) in [5.41, 5.74) is 6.72. The standard InChI is InChI=1S/C41H48N4O6/c1-26-10-11-28(38-32-15-13-30(44(6)7)24-36(32)50-37-25-31(45(8)9)14-16-33(37)38)23-35(26)49-21-20-48-34-17-12-29(22-27(34)2)39(46)42-18-19-43-40(47)51-41(3,4)5/h10-17,22-25H,18-21H2,1-9H3,(H-,42,43,46,47). The first-order valence-corrected chi connectivity index (χ1v) is 17.0. The molecule has 0 spiro atoms. The first-order chi connectivity index (χ1) is 24.2. The number of hydrogen-bond donors (Lipinski definition) is 1. The Bertz CT molecular complexity index is 2100. The second-order valence-electron chi connectivity index (χ2n) is 13.9. The Labute approximate surface area is 300 Å². The molecule has 0 atom stereocenters. The second-order valence-corrected chi connectivity index (χ2v) is 13.9. The first kappa shape index (κ1) is 36.8. The van der Waals surface area contributed by atoms with Gasteiger partial charge in [-0.25, -0.2) is 4.58 Å². The summed E-state index contributed by atoms with van der Waals surface area (Å²) >= 11 is 0. The second kappa shape index (κ2) is 15.6. The fourth-order valence-corrected chi connectivity index (χ4v) is 5.61. The van der Waals surface area contributed by atoms with E-state index >= 15 is 0 Å². The van der Waals surface area contributed by atoms with E-state index in [1.165, 1.54) is 0 Å². The monoisotopic (exact) mass is 692 g/mol. The van der Waals surface area contributed by atoms with Crippen molar-refractivity contribution in [3.05, 3.63) is 94.8 Å². The van der Waals surface area contributed by atoms with Gasteiger partial charge in [0.15, 0.2) is 0 Å². The maximum Gasteiger partial charge on any atom is 0.251 e. The van der Waals surface area contributed by atoms with E-state index in [4.69, 9.17) is 18.6 Å². The molecule has 1 N–H and O–H groups in total. The third-order valence-corrected chi connectivity index (χ3v) is 8.27. The van der Waals surface area contributed by atoms with Gasteiger partial charge in [0.2, 0.25) is 5.36 Å². The summed E-state index contributed by atoms with van der Waals surface area (Å²) in [6.07, 6.45) is -0.645. The van der Waals surface area contributed by atoms with Crippen molar-refractivity contribution in [3.63, 3.8) is 0 Å². The molecule has 10 heteroatoms. The Morgan fingerprint density at radius 1 is 0.902 bits per heavy atom. The van der Waals surface area contributed by atoms with Crippen LogP contribution in [0.5, 0.6) is 11.5 Å². The van der Waals surface area contributed by atoms with Crippen molar-refractivity contribution in [2.24, 2.45) is 4.99 Å². The summed E-state index contributed by atoms with van der Waals surface area (Å²) < 4.78 is 26.0. The lowest BCUT2D eigenvalue weighted by Gasteiger charge is -2.29. The zero-order valence-electron chi connectivity index (χ0n) is 31.0. The van der Waals surface area contributed by atoms with Crippen molar-refractivity contribution < 1.29 is 28.5 Å². The van der Waals surface area contributed by atoms with E-state index < -0.39 is 11.7 Å². The fourth-order valence-electron chi connectivity index (χ4n) is 5.61. The minimum absolute atomic E-state index is 0.132. The van der Waals surface area contributed by atoms with E-state index in [1.54, 1.807) is 39.0 Å². The Morgan fingerprint density at radius 3 is 2.33 bits per heavy atom. The van der Waals surface area contributed by atoms with Crippen LogP contribution >= 0.6 is 0 Å². The van der Waals surface area contributed by atoms with Gasteiger partial charge in [0, 0.05) is 66.1 Å². The van der Waals surface area contributed by atoms with Gasteiger partial charge in [0.1, 0.15) is 56.2 Å². The van der Waals surface area contributed by atoms with E-state index in [0.29, 0.717) is 24.5 Å². The molecular formula is C41H48N4O6. The predicted octanol–water partition coefficient (Wildman–Crippen LogP) is 5.64. The highest BCUT2D eigenvalue weighted by Crippen LogP contribution is 2.42. The number of ether oxygens (including phenoxy) is 3. The lowest BCUT2D eigenvalue weighted by molar-refractivity contribution is -0.260. The van der Waals surface area contributed by atoms with Crippen LogP contribution in [0.3, 0.4) is 0 Å². The van der Waals surface area contributed by atoms with Gasteiger partial charge in [-0.1, -0.05) is 32.9 Å². The number of aliphatic imine (C=N–C) groups is 1. The van der Waals surface area contributed by atoms with Crippen LogP contribution in [0.2, 0.25) is 0 Å². The molecule has 5 rings (SSSR count). The van der Waals surface area contributed by atoms with Gasteiger partial charge in [-0.2, -0.15) is 0 Å². The van der Waals surface area contributed by atoms with Gasteiger partial charge in [-0.3, -0.25) is 9.79 Å². The lowest BCUT2D eigenvalue weighted by Crippen LogP contribution is -2.33. The lowest BCUT2D eigenvalue weighted by atomic mass is 9.93. The molecule has 3 aromatic rings. The molecule has 10 nitrogen and oxygen atoms in total. The van der Waals surface area contributed by atoms with Crippen molar-refractivity contribution in [1.82, 2.24) is 9.89 Å². The number of carbonyl (C=O) groups is 1. The van der Waals surface area contributed by atoms with E-state index in [2.05, 4.69) is 74.4 Å². The third-order valence-electron chi connectivity index (χ3n) is 8.27. The number of nitrogens with one attached hydrogen (secondary N) is 1. The van der Waals surface area contributed by atoms with Gasteiger partial charge in [-0.05, 0) is 73.0 Å². The molecule has 0 saturated heterocycles. The molecule has 0 radical (unpaired) electrons. The topological polar surface area (TPSA) is 112 Å². The van der Waals surface area contributed by atoms with E-state index in [-0.39, 0.29) is 19.0 Å². The van der Waals surface area contributed by atoms with Crippen LogP contribution in [0, 0.1) is 13.8 Å².